The molecule has 0 aliphatic heterocycles. The summed E-state index contributed by atoms with van der Waals surface area (Å²) in [6.45, 7) is -0.641. The largest absolute Gasteiger partial charge is 0.460 e. The second kappa shape index (κ2) is 9.90. The van der Waals surface area contributed by atoms with E-state index in [4.69, 9.17) is 32.7 Å². The van der Waals surface area contributed by atoms with Gasteiger partial charge in [-0.2, -0.15) is 4.72 Å². The van der Waals surface area contributed by atoms with Gasteiger partial charge in [-0.1, -0.05) is 41.4 Å². The zero-order valence-electron chi connectivity index (χ0n) is 15.4. The van der Waals surface area contributed by atoms with Gasteiger partial charge in [-0.05, 0) is 36.4 Å². The molecule has 1 aromatic heterocycles. The third kappa shape index (κ3) is 5.93. The second-order valence-electron chi connectivity index (χ2n) is 5.96. The van der Waals surface area contributed by atoms with Crippen LogP contribution in [0.15, 0.2) is 71.9 Å². The Balaban J connectivity index is 1.58. The molecule has 0 saturated carbocycles. The Morgan fingerprint density at radius 1 is 1.03 bits per heavy atom. The fraction of sp³-hybridized carbons (Fsp3) is 0.100. The number of carbonyl (C=O) groups excluding carboxylic acids is 1. The molecule has 3 rings (SSSR count). The standard InChI is InChI=1S/C20H16Cl2N2O5S/c21-17-8-7-16(10-18(17)22)30(26,27)24-12-20(25)28-13-14-4-1-2-6-19(14)29-15-5-3-9-23-11-15/h1-11,24H,12-13H2. The number of esters is 1. The number of carbonyl (C=O) groups is 1. The van der Waals surface area contributed by atoms with Crippen LogP contribution in [0.1, 0.15) is 5.56 Å². The van der Waals surface area contributed by atoms with Crippen LogP contribution in [0.5, 0.6) is 11.5 Å². The molecule has 0 aliphatic rings. The zero-order valence-corrected chi connectivity index (χ0v) is 17.7. The quantitative estimate of drug-likeness (QED) is 0.499. The number of nitrogens with one attached hydrogen (secondary N) is 1. The van der Waals surface area contributed by atoms with Crippen LogP contribution in [0.4, 0.5) is 0 Å². The fourth-order valence-corrected chi connectivity index (χ4v) is 3.71. The molecular formula is C20H16Cl2N2O5S. The molecular weight excluding hydrogens is 451 g/mol. The number of para-hydroxylation sites is 1. The molecule has 7 nitrogen and oxygen atoms in total. The molecule has 0 aliphatic carbocycles. The molecule has 156 valence electrons. The predicted molar refractivity (Wildman–Crippen MR) is 112 cm³/mol. The van der Waals surface area contributed by atoms with E-state index in [-0.39, 0.29) is 21.5 Å². The van der Waals surface area contributed by atoms with Crippen molar-refractivity contribution in [2.45, 2.75) is 11.5 Å². The summed E-state index contributed by atoms with van der Waals surface area (Å²) in [4.78, 5) is 15.9. The smallest absolute Gasteiger partial charge is 0.321 e. The third-order valence-electron chi connectivity index (χ3n) is 3.83. The summed E-state index contributed by atoms with van der Waals surface area (Å²) in [7, 11) is -3.95. The lowest BCUT2D eigenvalue weighted by Crippen LogP contribution is -2.30. The van der Waals surface area contributed by atoms with Gasteiger partial charge in [0.2, 0.25) is 10.0 Å². The summed E-state index contributed by atoms with van der Waals surface area (Å²) in [5, 5.41) is 0.314. The monoisotopic (exact) mass is 466 g/mol. The average molecular weight is 467 g/mol. The Bertz CT molecular complexity index is 1140. The molecule has 2 aromatic carbocycles. The van der Waals surface area contributed by atoms with E-state index >= 15 is 0 Å². The number of hydrogen-bond acceptors (Lipinski definition) is 6. The number of sulfonamides is 1. The van der Waals surface area contributed by atoms with Crippen molar-refractivity contribution in [3.05, 3.63) is 82.6 Å². The van der Waals surface area contributed by atoms with E-state index in [1.54, 1.807) is 48.8 Å². The summed E-state index contributed by atoms with van der Waals surface area (Å²) in [6, 6.07) is 14.3. The van der Waals surface area contributed by atoms with Gasteiger partial charge in [0, 0.05) is 11.8 Å². The van der Waals surface area contributed by atoms with Gasteiger partial charge >= 0.3 is 5.97 Å². The molecule has 0 radical (unpaired) electrons. The highest BCUT2D eigenvalue weighted by Crippen LogP contribution is 2.26. The summed E-state index contributed by atoms with van der Waals surface area (Å²) in [5.41, 5.74) is 0.613. The molecule has 0 unspecified atom stereocenters. The van der Waals surface area contributed by atoms with Gasteiger partial charge in [0.1, 0.15) is 24.7 Å². The van der Waals surface area contributed by atoms with E-state index in [0.717, 1.165) is 0 Å². The molecule has 0 spiro atoms. The van der Waals surface area contributed by atoms with Crippen LogP contribution in [0.25, 0.3) is 0 Å². The number of pyridine rings is 1. The Morgan fingerprint density at radius 3 is 2.57 bits per heavy atom. The van der Waals surface area contributed by atoms with Crippen LogP contribution < -0.4 is 9.46 Å². The second-order valence-corrected chi connectivity index (χ2v) is 8.54. The summed E-state index contributed by atoms with van der Waals surface area (Å²) in [6.07, 6.45) is 3.18. The van der Waals surface area contributed by atoms with E-state index in [1.165, 1.54) is 18.2 Å². The van der Waals surface area contributed by atoms with Crippen LogP contribution in [0, 0.1) is 0 Å². The molecule has 10 heteroatoms. The normalized spacial score (nSPS) is 11.1. The van der Waals surface area contributed by atoms with Gasteiger partial charge in [-0.3, -0.25) is 9.78 Å². The topological polar surface area (TPSA) is 94.6 Å². The highest BCUT2D eigenvalue weighted by molar-refractivity contribution is 7.89. The molecule has 1 heterocycles. The first-order chi connectivity index (χ1) is 14.3. The van der Waals surface area contributed by atoms with Gasteiger partial charge < -0.3 is 9.47 Å². The van der Waals surface area contributed by atoms with Crippen LogP contribution >= 0.6 is 23.2 Å². The predicted octanol–water partition coefficient (Wildman–Crippen LogP) is 4.20. The molecule has 3 aromatic rings. The van der Waals surface area contributed by atoms with Crippen molar-refractivity contribution in [2.75, 3.05) is 6.54 Å². The lowest BCUT2D eigenvalue weighted by Gasteiger charge is -2.12. The maximum atomic E-state index is 12.3. The molecule has 1 N–H and O–H groups in total. The van der Waals surface area contributed by atoms with Crippen molar-refractivity contribution < 1.29 is 22.7 Å². The van der Waals surface area contributed by atoms with Crippen LogP contribution in [0.3, 0.4) is 0 Å². The molecule has 0 saturated heterocycles. The molecule has 30 heavy (non-hydrogen) atoms. The van der Waals surface area contributed by atoms with Gasteiger partial charge in [-0.15, -0.1) is 0 Å². The number of aromatic nitrogens is 1. The average Bonchev–Trinajstić information content (AvgIpc) is 2.74. The van der Waals surface area contributed by atoms with Crippen molar-refractivity contribution in [2.24, 2.45) is 0 Å². The summed E-state index contributed by atoms with van der Waals surface area (Å²) >= 11 is 11.6. The molecule has 0 fully saturated rings. The minimum atomic E-state index is -3.95. The summed E-state index contributed by atoms with van der Waals surface area (Å²) < 4.78 is 37.7. The van der Waals surface area contributed by atoms with Crippen molar-refractivity contribution in [1.29, 1.82) is 0 Å². The van der Waals surface area contributed by atoms with Crippen LogP contribution in [-0.2, 0) is 26.2 Å². The molecule has 0 amide bonds. The van der Waals surface area contributed by atoms with Gasteiger partial charge in [0.05, 0.1) is 21.1 Å². The Kier molecular flexibility index (Phi) is 7.28. The minimum Gasteiger partial charge on any atom is -0.460 e. The fourth-order valence-electron chi connectivity index (χ4n) is 2.35. The maximum Gasteiger partial charge on any atom is 0.321 e. The first kappa shape index (κ1) is 22.0. The van der Waals surface area contributed by atoms with Gasteiger partial charge in [-0.25, -0.2) is 8.42 Å². The van der Waals surface area contributed by atoms with Crippen molar-refractivity contribution >= 4 is 39.2 Å². The van der Waals surface area contributed by atoms with Crippen LogP contribution in [-0.4, -0.2) is 25.9 Å². The lowest BCUT2D eigenvalue weighted by atomic mass is 10.2. The Labute approximate surface area is 183 Å². The number of ether oxygens (including phenoxy) is 2. The number of benzene rings is 2. The first-order valence-electron chi connectivity index (χ1n) is 8.61. The SMILES string of the molecule is O=C(CNS(=O)(=O)c1ccc(Cl)c(Cl)c1)OCc1ccccc1Oc1cccnc1. The van der Waals surface area contributed by atoms with E-state index in [1.807, 2.05) is 0 Å². The molecule has 0 atom stereocenters. The van der Waals surface area contributed by atoms with E-state index in [0.29, 0.717) is 17.1 Å². The highest BCUT2D eigenvalue weighted by atomic mass is 35.5. The van der Waals surface area contributed by atoms with Crippen molar-refractivity contribution in [3.8, 4) is 11.5 Å². The zero-order chi connectivity index (χ0) is 21.6. The van der Waals surface area contributed by atoms with E-state index in [9.17, 15) is 13.2 Å². The number of nitrogens with zero attached hydrogens (tertiary/aromatic N) is 1. The van der Waals surface area contributed by atoms with Crippen molar-refractivity contribution in [3.63, 3.8) is 0 Å². The maximum absolute atomic E-state index is 12.3. The lowest BCUT2D eigenvalue weighted by molar-refractivity contribution is -0.143. The van der Waals surface area contributed by atoms with E-state index in [2.05, 4.69) is 9.71 Å². The minimum absolute atomic E-state index is 0.0901. The number of halogens is 2. The Morgan fingerprint density at radius 2 is 1.83 bits per heavy atom. The summed E-state index contributed by atoms with van der Waals surface area (Å²) in [5.74, 6) is 0.273. The van der Waals surface area contributed by atoms with E-state index < -0.39 is 22.5 Å². The number of hydrogen-bond donors (Lipinski definition) is 1. The highest BCUT2D eigenvalue weighted by Gasteiger charge is 2.18. The first-order valence-corrected chi connectivity index (χ1v) is 10.9. The van der Waals surface area contributed by atoms with Gasteiger partial charge in [0.25, 0.3) is 0 Å². The van der Waals surface area contributed by atoms with Crippen molar-refractivity contribution in [1.82, 2.24) is 9.71 Å². The van der Waals surface area contributed by atoms with Crippen LogP contribution in [0.2, 0.25) is 10.0 Å². The molecule has 0 bridgehead atoms. The van der Waals surface area contributed by atoms with Gasteiger partial charge in [0.15, 0.2) is 0 Å². The Hall–Kier alpha value is -2.65. The number of rotatable bonds is 8. The third-order valence-corrected chi connectivity index (χ3v) is 5.97.